The van der Waals surface area contributed by atoms with Gasteiger partial charge in [0.15, 0.2) is 5.65 Å². The molecule has 17 heavy (non-hydrogen) atoms. The molecule has 0 unspecified atom stereocenters. The van der Waals surface area contributed by atoms with Crippen LogP contribution in [0.1, 0.15) is 25.7 Å². The van der Waals surface area contributed by atoms with Gasteiger partial charge in [0.1, 0.15) is 4.60 Å². The van der Waals surface area contributed by atoms with Gasteiger partial charge in [-0.25, -0.2) is 9.50 Å². The third-order valence-corrected chi connectivity index (χ3v) is 3.78. The van der Waals surface area contributed by atoms with Gasteiger partial charge in [-0.3, -0.25) is 0 Å². The smallest absolute Gasteiger partial charge is 0.231 e. The first kappa shape index (κ1) is 11.0. The zero-order valence-electron chi connectivity index (χ0n) is 9.47. The number of nitrogens with zero attached hydrogens (tertiary/aromatic N) is 3. The molecule has 0 spiro atoms. The van der Waals surface area contributed by atoms with Gasteiger partial charge in [-0.2, -0.15) is 0 Å². The molecule has 1 aliphatic rings. The van der Waals surface area contributed by atoms with Crippen LogP contribution in [0, 0.1) is 5.92 Å². The summed E-state index contributed by atoms with van der Waals surface area (Å²) in [5.74, 6) is 1.38. The van der Waals surface area contributed by atoms with Crippen molar-refractivity contribution in [3.8, 4) is 5.88 Å². The van der Waals surface area contributed by atoms with Gasteiger partial charge in [0.05, 0.1) is 12.8 Å². The molecule has 1 aliphatic carbocycles. The van der Waals surface area contributed by atoms with E-state index in [1.165, 1.54) is 25.7 Å². The van der Waals surface area contributed by atoms with Crippen molar-refractivity contribution < 1.29 is 4.74 Å². The zero-order valence-corrected chi connectivity index (χ0v) is 11.1. The van der Waals surface area contributed by atoms with E-state index in [-0.39, 0.29) is 0 Å². The van der Waals surface area contributed by atoms with E-state index in [1.807, 2.05) is 12.1 Å². The number of fused-ring (bicyclic) bond motifs is 1. The van der Waals surface area contributed by atoms with Crippen LogP contribution in [0.15, 0.2) is 22.9 Å². The maximum absolute atomic E-state index is 5.74. The van der Waals surface area contributed by atoms with Crippen molar-refractivity contribution >= 4 is 21.6 Å². The van der Waals surface area contributed by atoms with Gasteiger partial charge in [-0.05, 0) is 40.8 Å². The third kappa shape index (κ3) is 2.29. The molecule has 0 saturated heterocycles. The average molecular weight is 296 g/mol. The SMILES string of the molecule is Brc1cnc2ccc(OCC3CCCC3)nn12. The molecule has 0 radical (unpaired) electrons. The summed E-state index contributed by atoms with van der Waals surface area (Å²) in [6.45, 7) is 0.783. The summed E-state index contributed by atoms with van der Waals surface area (Å²) in [5.41, 5.74) is 0.824. The van der Waals surface area contributed by atoms with E-state index >= 15 is 0 Å². The predicted octanol–water partition coefficient (Wildman–Crippen LogP) is 3.06. The minimum Gasteiger partial charge on any atom is -0.476 e. The fourth-order valence-corrected chi connectivity index (χ4v) is 2.65. The molecule has 1 fully saturated rings. The molecule has 1 saturated carbocycles. The monoisotopic (exact) mass is 295 g/mol. The molecule has 90 valence electrons. The summed E-state index contributed by atoms with van der Waals surface area (Å²) >= 11 is 3.40. The van der Waals surface area contributed by atoms with Crippen molar-refractivity contribution in [3.63, 3.8) is 0 Å². The summed E-state index contributed by atoms with van der Waals surface area (Å²) in [4.78, 5) is 4.19. The number of hydrogen-bond acceptors (Lipinski definition) is 3. The van der Waals surface area contributed by atoms with Gasteiger partial charge in [0, 0.05) is 6.07 Å². The fraction of sp³-hybridized carbons (Fsp3) is 0.500. The lowest BCUT2D eigenvalue weighted by molar-refractivity contribution is 0.240. The lowest BCUT2D eigenvalue weighted by atomic mass is 10.1. The van der Waals surface area contributed by atoms with Crippen molar-refractivity contribution in [2.45, 2.75) is 25.7 Å². The van der Waals surface area contributed by atoms with E-state index in [0.29, 0.717) is 11.8 Å². The normalized spacial score (nSPS) is 16.8. The fourth-order valence-electron chi connectivity index (χ4n) is 2.29. The van der Waals surface area contributed by atoms with E-state index in [0.717, 1.165) is 16.9 Å². The molecular weight excluding hydrogens is 282 g/mol. The molecule has 2 aromatic heterocycles. The van der Waals surface area contributed by atoms with E-state index in [1.54, 1.807) is 10.7 Å². The maximum atomic E-state index is 5.74. The van der Waals surface area contributed by atoms with Crippen molar-refractivity contribution in [2.24, 2.45) is 5.92 Å². The van der Waals surface area contributed by atoms with E-state index in [2.05, 4.69) is 26.0 Å². The molecule has 2 aromatic rings. The predicted molar refractivity (Wildman–Crippen MR) is 68.1 cm³/mol. The maximum Gasteiger partial charge on any atom is 0.231 e. The van der Waals surface area contributed by atoms with E-state index in [4.69, 9.17) is 4.74 Å². The van der Waals surface area contributed by atoms with Crippen LogP contribution >= 0.6 is 15.9 Å². The topological polar surface area (TPSA) is 39.4 Å². The number of halogens is 1. The molecule has 0 amide bonds. The number of rotatable bonds is 3. The standard InChI is InChI=1S/C12H14BrN3O/c13-10-7-14-11-5-6-12(15-16(10)11)17-8-9-3-1-2-4-9/h5-7,9H,1-4,8H2. The summed E-state index contributed by atoms with van der Waals surface area (Å²) in [6.07, 6.45) is 7.00. The van der Waals surface area contributed by atoms with Crippen LogP contribution in [0.3, 0.4) is 0 Å². The Kier molecular flexibility index (Phi) is 3.01. The minimum atomic E-state index is 0.670. The lowest BCUT2D eigenvalue weighted by Gasteiger charge is -2.10. The molecule has 3 rings (SSSR count). The van der Waals surface area contributed by atoms with Crippen molar-refractivity contribution in [2.75, 3.05) is 6.61 Å². The largest absolute Gasteiger partial charge is 0.476 e. The molecule has 0 N–H and O–H groups in total. The Morgan fingerprint density at radius 3 is 3.00 bits per heavy atom. The molecule has 0 atom stereocenters. The van der Waals surface area contributed by atoms with Crippen LogP contribution in [-0.2, 0) is 0 Å². The second kappa shape index (κ2) is 4.64. The van der Waals surface area contributed by atoms with Gasteiger partial charge >= 0.3 is 0 Å². The van der Waals surface area contributed by atoms with Crippen molar-refractivity contribution in [3.05, 3.63) is 22.9 Å². The first-order chi connectivity index (χ1) is 8.33. The minimum absolute atomic E-state index is 0.670. The zero-order chi connectivity index (χ0) is 11.7. The van der Waals surface area contributed by atoms with Crippen LogP contribution in [0.2, 0.25) is 0 Å². The quantitative estimate of drug-likeness (QED) is 0.874. The highest BCUT2D eigenvalue weighted by Crippen LogP contribution is 2.25. The molecule has 0 aliphatic heterocycles. The molecule has 4 nitrogen and oxygen atoms in total. The molecule has 5 heteroatoms. The van der Waals surface area contributed by atoms with Gasteiger partial charge in [-0.15, -0.1) is 5.10 Å². The molecule has 0 bridgehead atoms. The second-order valence-corrected chi connectivity index (χ2v) is 5.30. The number of ether oxygens (including phenoxy) is 1. The number of imidazole rings is 1. The van der Waals surface area contributed by atoms with Crippen LogP contribution in [0.5, 0.6) is 5.88 Å². The Labute approximate surface area is 108 Å². The van der Waals surface area contributed by atoms with Gasteiger partial charge in [-0.1, -0.05) is 12.8 Å². The second-order valence-electron chi connectivity index (χ2n) is 4.48. The highest BCUT2D eigenvalue weighted by molar-refractivity contribution is 9.10. The average Bonchev–Trinajstić information content (AvgIpc) is 2.97. The van der Waals surface area contributed by atoms with Crippen LogP contribution in [-0.4, -0.2) is 21.2 Å². The molecule has 2 heterocycles. The lowest BCUT2D eigenvalue weighted by Crippen LogP contribution is -2.09. The van der Waals surface area contributed by atoms with Crippen LogP contribution < -0.4 is 4.74 Å². The highest BCUT2D eigenvalue weighted by atomic mass is 79.9. The van der Waals surface area contributed by atoms with Crippen LogP contribution in [0.25, 0.3) is 5.65 Å². The summed E-state index contributed by atoms with van der Waals surface area (Å²) in [5, 5.41) is 4.38. The molecule has 0 aromatic carbocycles. The van der Waals surface area contributed by atoms with Crippen molar-refractivity contribution in [1.82, 2.24) is 14.6 Å². The van der Waals surface area contributed by atoms with Gasteiger partial charge in [0.25, 0.3) is 0 Å². The van der Waals surface area contributed by atoms with Gasteiger partial charge in [0.2, 0.25) is 5.88 Å². The summed E-state index contributed by atoms with van der Waals surface area (Å²) in [7, 11) is 0. The Hall–Kier alpha value is -1.10. The molecular formula is C12H14BrN3O. The first-order valence-corrected chi connectivity index (χ1v) is 6.75. The Bertz CT molecular complexity index is 519. The number of aromatic nitrogens is 3. The van der Waals surface area contributed by atoms with Gasteiger partial charge < -0.3 is 4.74 Å². The third-order valence-electron chi connectivity index (χ3n) is 3.24. The Morgan fingerprint density at radius 2 is 2.18 bits per heavy atom. The van der Waals surface area contributed by atoms with E-state index < -0.39 is 0 Å². The summed E-state index contributed by atoms with van der Waals surface area (Å²) < 4.78 is 8.33. The number of hydrogen-bond donors (Lipinski definition) is 0. The van der Waals surface area contributed by atoms with Crippen molar-refractivity contribution in [1.29, 1.82) is 0 Å². The Balaban J connectivity index is 1.73. The Morgan fingerprint density at radius 1 is 1.35 bits per heavy atom. The van der Waals surface area contributed by atoms with E-state index in [9.17, 15) is 0 Å². The summed E-state index contributed by atoms with van der Waals surface area (Å²) in [6, 6.07) is 3.80. The first-order valence-electron chi connectivity index (χ1n) is 5.96. The highest BCUT2D eigenvalue weighted by Gasteiger charge is 2.15. The van der Waals surface area contributed by atoms with Crippen LogP contribution in [0.4, 0.5) is 0 Å².